The highest BCUT2D eigenvalue weighted by molar-refractivity contribution is 7.12. The molecule has 5 heterocycles. The first-order chi connectivity index (χ1) is 23.3. The third-order valence-corrected chi connectivity index (χ3v) is 12.3. The van der Waals surface area contributed by atoms with Gasteiger partial charge in [-0.15, -0.1) is 22.9 Å². The van der Waals surface area contributed by atoms with E-state index in [4.69, 9.17) is 30.5 Å². The number of allylic oxidation sites excluding steroid dienone is 1. The van der Waals surface area contributed by atoms with E-state index < -0.39 is 0 Å². The molecule has 0 N–H and O–H groups in total. The van der Waals surface area contributed by atoms with Crippen molar-refractivity contribution in [2.75, 3.05) is 47.4 Å². The maximum absolute atomic E-state index is 5.93. The first kappa shape index (κ1) is 34.9. The Bertz CT molecular complexity index is 1690. The largest absolute Gasteiger partial charge is 0.496 e. The summed E-state index contributed by atoms with van der Waals surface area (Å²) in [6.45, 7) is 10.8. The molecule has 0 radical (unpaired) electrons. The van der Waals surface area contributed by atoms with Crippen molar-refractivity contribution < 1.29 is 18.9 Å². The number of ether oxygens (including phenoxy) is 4. The summed E-state index contributed by atoms with van der Waals surface area (Å²) in [6.07, 6.45) is 8.73. The zero-order chi connectivity index (χ0) is 33.9. The number of rotatable bonds is 8. The molecule has 0 aliphatic carbocycles. The molecule has 8 heteroatoms. The van der Waals surface area contributed by atoms with Gasteiger partial charge in [0.25, 0.3) is 0 Å². The van der Waals surface area contributed by atoms with E-state index in [2.05, 4.69) is 42.7 Å². The summed E-state index contributed by atoms with van der Waals surface area (Å²) < 4.78 is 22.5. The number of halogens is 1. The minimum Gasteiger partial charge on any atom is -0.496 e. The second-order valence-electron chi connectivity index (χ2n) is 13.3. The molecule has 3 aromatic rings. The molecule has 4 aliphatic heterocycles. The van der Waals surface area contributed by atoms with Gasteiger partial charge in [0.2, 0.25) is 0 Å². The van der Waals surface area contributed by atoms with Crippen LogP contribution in [-0.4, -0.2) is 63.3 Å². The van der Waals surface area contributed by atoms with E-state index in [1.54, 1.807) is 38.9 Å². The number of hydrogen-bond donors (Lipinski definition) is 0. The van der Waals surface area contributed by atoms with Crippen LogP contribution in [0.15, 0.2) is 53.1 Å². The lowest BCUT2D eigenvalue weighted by Crippen LogP contribution is -2.45. The highest BCUT2D eigenvalue weighted by Gasteiger charge is 2.36. The first-order valence-electron chi connectivity index (χ1n) is 17.3. The van der Waals surface area contributed by atoms with Crippen LogP contribution in [0.25, 0.3) is 0 Å². The Morgan fingerprint density at radius 1 is 0.812 bits per heavy atom. The number of nitrogens with zero attached hydrogens (tertiary/aromatic N) is 2. The summed E-state index contributed by atoms with van der Waals surface area (Å²) in [6, 6.07) is 11.5. The first-order valence-corrected chi connectivity index (χ1v) is 18.7. The molecule has 258 valence electrons. The second-order valence-corrected chi connectivity index (χ2v) is 14.9. The van der Waals surface area contributed by atoms with Crippen molar-refractivity contribution in [1.29, 1.82) is 0 Å². The fourth-order valence-electron chi connectivity index (χ4n) is 8.06. The van der Waals surface area contributed by atoms with Crippen LogP contribution in [0.2, 0.25) is 0 Å². The van der Waals surface area contributed by atoms with Crippen LogP contribution in [0.5, 0.6) is 23.0 Å². The zero-order valence-corrected chi connectivity index (χ0v) is 31.3. The van der Waals surface area contributed by atoms with E-state index >= 15 is 0 Å². The van der Waals surface area contributed by atoms with Gasteiger partial charge in [0, 0.05) is 76.2 Å². The molecule has 0 fully saturated rings. The topological polar surface area (TPSA) is 43.4 Å². The van der Waals surface area contributed by atoms with Crippen molar-refractivity contribution in [2.45, 2.75) is 84.5 Å². The molecule has 2 aromatic carbocycles. The molecule has 2 unspecified atom stereocenters. The summed E-state index contributed by atoms with van der Waals surface area (Å²) >= 11 is 7.94. The lowest BCUT2D eigenvalue weighted by molar-refractivity contribution is 0.158. The summed E-state index contributed by atoms with van der Waals surface area (Å²) in [5.74, 6) is 4.61. The molecular weight excluding hydrogens is 640 g/mol. The summed E-state index contributed by atoms with van der Waals surface area (Å²) in [4.78, 5) is 8.30. The molecule has 0 saturated carbocycles. The number of hydrogen-bond acceptors (Lipinski definition) is 7. The highest BCUT2D eigenvalue weighted by Crippen LogP contribution is 2.46. The number of thiophene rings is 1. The summed E-state index contributed by atoms with van der Waals surface area (Å²) in [5, 5.41) is 0. The lowest BCUT2D eigenvalue weighted by atomic mass is 9.83. The van der Waals surface area contributed by atoms with E-state index in [-0.39, 0.29) is 0 Å². The molecule has 0 amide bonds. The maximum Gasteiger partial charge on any atom is 0.123 e. The fourth-order valence-corrected chi connectivity index (χ4v) is 9.51. The Balaban J connectivity index is 0.000000168. The standard InChI is InChI=1S/C21H28ClNO2.C19H23NO2S/c1-14(7-9-22)11-16-15(2)8-10-23-13-18-17(12-19(16)23)20(24-3)5-6-21(18)25-4;1-4-12-9-14-16-10-13-15(11-20(16)8-7-19(14)23-12)18(22-3)6-5-17(13)21-2/h5-6,11,19H,7-10,12-13H2,1-4H3;5-6,9,16H,4,7-8,10-11H2,1-3H3/b14-11+;. The molecular formula is C40H51ClN2O4S. The van der Waals surface area contributed by atoms with Gasteiger partial charge in [0.05, 0.1) is 28.4 Å². The number of benzene rings is 2. The van der Waals surface area contributed by atoms with E-state index in [1.807, 2.05) is 35.6 Å². The minimum absolute atomic E-state index is 0.410. The van der Waals surface area contributed by atoms with Gasteiger partial charge in [-0.1, -0.05) is 24.1 Å². The quantitative estimate of drug-likeness (QED) is 0.220. The minimum atomic E-state index is 0.410. The predicted octanol–water partition coefficient (Wildman–Crippen LogP) is 8.71. The van der Waals surface area contributed by atoms with Crippen LogP contribution < -0.4 is 18.9 Å². The number of fused-ring (bicyclic) bond motifs is 6. The Labute approximate surface area is 296 Å². The molecule has 48 heavy (non-hydrogen) atoms. The van der Waals surface area contributed by atoms with Crippen LogP contribution in [0.4, 0.5) is 0 Å². The SMILES string of the molecule is CCc1cc2c(s1)CCN1Cc3c(OC)ccc(OC)c3CC21.COc1ccc(OC)c2c1CC1C(/C=C(\C)CCCl)=C(C)CCN1C2. The van der Waals surface area contributed by atoms with E-state index in [0.29, 0.717) is 18.0 Å². The van der Waals surface area contributed by atoms with Gasteiger partial charge < -0.3 is 18.9 Å². The van der Waals surface area contributed by atoms with Crippen LogP contribution in [-0.2, 0) is 38.8 Å². The summed E-state index contributed by atoms with van der Waals surface area (Å²) in [5.41, 5.74) is 11.1. The second kappa shape index (κ2) is 15.3. The number of aryl methyl sites for hydroxylation is 1. The average Bonchev–Trinajstić information content (AvgIpc) is 3.55. The van der Waals surface area contributed by atoms with Crippen LogP contribution >= 0.6 is 22.9 Å². The molecule has 6 nitrogen and oxygen atoms in total. The molecule has 7 rings (SSSR count). The number of alkyl halides is 1. The van der Waals surface area contributed by atoms with Gasteiger partial charge in [-0.3, -0.25) is 9.80 Å². The van der Waals surface area contributed by atoms with Crippen molar-refractivity contribution >= 4 is 22.9 Å². The average molecular weight is 691 g/mol. The van der Waals surface area contributed by atoms with E-state index in [0.717, 1.165) is 81.3 Å². The van der Waals surface area contributed by atoms with Gasteiger partial charge >= 0.3 is 0 Å². The fraction of sp³-hybridized carbons (Fsp3) is 0.500. The highest BCUT2D eigenvalue weighted by atomic mass is 35.5. The number of methoxy groups -OCH3 is 4. The molecule has 1 aromatic heterocycles. The third kappa shape index (κ3) is 6.76. The Hall–Kier alpha value is -2.97. The maximum atomic E-state index is 5.93. The van der Waals surface area contributed by atoms with Gasteiger partial charge in [-0.25, -0.2) is 0 Å². The zero-order valence-electron chi connectivity index (χ0n) is 29.7. The molecule has 2 atom stereocenters. The van der Waals surface area contributed by atoms with Gasteiger partial charge in [-0.05, 0) is 93.8 Å². The Morgan fingerprint density at radius 3 is 1.88 bits per heavy atom. The molecule has 0 bridgehead atoms. The smallest absolute Gasteiger partial charge is 0.123 e. The molecule has 0 saturated heterocycles. The van der Waals surface area contributed by atoms with Gasteiger partial charge in [0.15, 0.2) is 0 Å². The van der Waals surface area contributed by atoms with Crippen molar-refractivity contribution in [3.05, 3.63) is 90.7 Å². The van der Waals surface area contributed by atoms with Crippen molar-refractivity contribution in [1.82, 2.24) is 9.80 Å². The van der Waals surface area contributed by atoms with Crippen molar-refractivity contribution in [3.63, 3.8) is 0 Å². The van der Waals surface area contributed by atoms with Crippen molar-refractivity contribution in [3.8, 4) is 23.0 Å². The van der Waals surface area contributed by atoms with Gasteiger partial charge in [-0.2, -0.15) is 0 Å². The van der Waals surface area contributed by atoms with E-state index in [9.17, 15) is 0 Å². The predicted molar refractivity (Wildman–Crippen MR) is 198 cm³/mol. The van der Waals surface area contributed by atoms with Crippen LogP contribution in [0.1, 0.15) is 77.2 Å². The lowest BCUT2D eigenvalue weighted by Gasteiger charge is -2.42. The van der Waals surface area contributed by atoms with E-state index in [1.165, 1.54) is 50.3 Å². The summed E-state index contributed by atoms with van der Waals surface area (Å²) in [7, 11) is 7.02. The molecule has 0 spiro atoms. The normalized spacial score (nSPS) is 20.4. The monoisotopic (exact) mass is 690 g/mol. The van der Waals surface area contributed by atoms with Crippen LogP contribution in [0.3, 0.4) is 0 Å². The molecule has 4 aliphatic rings. The van der Waals surface area contributed by atoms with Gasteiger partial charge in [0.1, 0.15) is 23.0 Å². The Kier molecular flexibility index (Phi) is 11.1. The van der Waals surface area contributed by atoms with Crippen LogP contribution in [0, 0.1) is 0 Å². The van der Waals surface area contributed by atoms with Crippen molar-refractivity contribution in [2.24, 2.45) is 0 Å². The Morgan fingerprint density at radius 2 is 1.33 bits per heavy atom. The third-order valence-electron chi connectivity index (χ3n) is 10.7.